The summed E-state index contributed by atoms with van der Waals surface area (Å²) >= 11 is 0. The van der Waals surface area contributed by atoms with Crippen molar-refractivity contribution in [2.24, 2.45) is 7.05 Å². The predicted octanol–water partition coefficient (Wildman–Crippen LogP) is 4.38. The third-order valence-corrected chi connectivity index (χ3v) is 5.62. The number of halogens is 1. The molecule has 0 bridgehead atoms. The van der Waals surface area contributed by atoms with E-state index in [1.54, 1.807) is 38.4 Å². The van der Waals surface area contributed by atoms with Gasteiger partial charge in [-0.05, 0) is 50.5 Å². The number of nitrogens with zero attached hydrogens (tertiary/aromatic N) is 7. The van der Waals surface area contributed by atoms with E-state index in [9.17, 15) is 0 Å². The number of aryl methyl sites for hydroxylation is 3. The summed E-state index contributed by atoms with van der Waals surface area (Å²) in [4.78, 5) is 26.0. The molecule has 0 radical (unpaired) electrons. The molecule has 2 N–H and O–H groups in total. The van der Waals surface area contributed by atoms with Crippen LogP contribution in [0.2, 0.25) is 0 Å². The number of ether oxygens (including phenoxy) is 1. The van der Waals surface area contributed by atoms with E-state index in [1.807, 2.05) is 18.5 Å². The van der Waals surface area contributed by atoms with Crippen LogP contribution in [0.3, 0.4) is 0 Å². The fourth-order valence-electron chi connectivity index (χ4n) is 4.05. The van der Waals surface area contributed by atoms with Gasteiger partial charge in [-0.15, -0.1) is 0 Å². The molecule has 1 aromatic carbocycles. The van der Waals surface area contributed by atoms with Gasteiger partial charge >= 0.3 is 6.01 Å². The first-order valence-corrected chi connectivity index (χ1v) is 11.0. The predicted molar refractivity (Wildman–Crippen MR) is 133 cm³/mol. The summed E-state index contributed by atoms with van der Waals surface area (Å²) < 4.78 is 22.7. The molecular formula is C26H21FN8O. The lowest BCUT2D eigenvalue weighted by Crippen LogP contribution is -2.01. The largest absolute Gasteiger partial charge is 0.421 e. The first-order valence-electron chi connectivity index (χ1n) is 11.0. The monoisotopic (exact) mass is 480 g/mol. The lowest BCUT2D eigenvalue weighted by molar-refractivity contribution is 0.410. The van der Waals surface area contributed by atoms with Crippen molar-refractivity contribution in [2.75, 3.05) is 5.73 Å². The molecule has 0 saturated heterocycles. The van der Waals surface area contributed by atoms with E-state index in [-0.39, 0.29) is 17.6 Å². The van der Waals surface area contributed by atoms with E-state index >= 15 is 4.39 Å². The van der Waals surface area contributed by atoms with Crippen LogP contribution >= 0.6 is 0 Å². The molecule has 0 atom stereocenters. The molecule has 0 aliphatic rings. The zero-order valence-electron chi connectivity index (χ0n) is 20.0. The van der Waals surface area contributed by atoms with E-state index in [4.69, 9.17) is 10.5 Å². The van der Waals surface area contributed by atoms with Crippen molar-refractivity contribution < 1.29 is 9.13 Å². The fraction of sp³-hybridized carbons (Fsp3) is 0.154. The van der Waals surface area contributed by atoms with Crippen molar-refractivity contribution in [3.05, 3.63) is 65.9 Å². The summed E-state index contributed by atoms with van der Waals surface area (Å²) in [5.74, 6) is 5.41. The van der Waals surface area contributed by atoms with Gasteiger partial charge in [0.25, 0.3) is 0 Å². The highest BCUT2D eigenvalue weighted by molar-refractivity contribution is 6.07. The van der Waals surface area contributed by atoms with Crippen LogP contribution in [0.25, 0.3) is 33.5 Å². The number of anilines is 1. The van der Waals surface area contributed by atoms with Crippen LogP contribution in [0, 0.1) is 31.5 Å². The smallest absolute Gasteiger partial charge is 0.322 e. The second-order valence-electron chi connectivity index (χ2n) is 8.03. The Morgan fingerprint density at radius 1 is 1.06 bits per heavy atom. The maximum Gasteiger partial charge on any atom is 0.322 e. The minimum Gasteiger partial charge on any atom is -0.421 e. The topological polar surface area (TPSA) is 118 Å². The van der Waals surface area contributed by atoms with Crippen molar-refractivity contribution in [1.82, 2.24) is 34.5 Å². The molecule has 5 rings (SSSR count). The molecule has 0 fully saturated rings. The molecule has 36 heavy (non-hydrogen) atoms. The van der Waals surface area contributed by atoms with Crippen LogP contribution in [-0.2, 0) is 7.05 Å². The van der Waals surface area contributed by atoms with Crippen LogP contribution in [0.1, 0.15) is 24.0 Å². The first kappa shape index (κ1) is 22.9. The van der Waals surface area contributed by atoms with E-state index in [1.165, 1.54) is 18.5 Å². The third kappa shape index (κ3) is 3.96. The van der Waals surface area contributed by atoms with Crippen LogP contribution in [0.15, 0.2) is 43.0 Å². The zero-order valence-corrected chi connectivity index (χ0v) is 20.0. The van der Waals surface area contributed by atoms with E-state index < -0.39 is 5.82 Å². The quantitative estimate of drug-likeness (QED) is 0.377. The van der Waals surface area contributed by atoms with Gasteiger partial charge in [-0.25, -0.2) is 34.3 Å². The van der Waals surface area contributed by atoms with Crippen molar-refractivity contribution in [3.8, 4) is 46.1 Å². The number of aromatic nitrogens is 7. The van der Waals surface area contributed by atoms with Gasteiger partial charge in [-0.3, -0.25) is 0 Å². The van der Waals surface area contributed by atoms with E-state index in [0.29, 0.717) is 50.6 Å². The highest BCUT2D eigenvalue weighted by Gasteiger charge is 2.25. The second kappa shape index (κ2) is 9.03. The van der Waals surface area contributed by atoms with Crippen LogP contribution < -0.4 is 10.5 Å². The minimum atomic E-state index is -0.590. The Morgan fingerprint density at radius 3 is 2.61 bits per heavy atom. The van der Waals surface area contributed by atoms with E-state index in [0.717, 1.165) is 0 Å². The molecule has 4 heterocycles. The minimum absolute atomic E-state index is 0.00572. The molecule has 5 aromatic rings. The molecule has 0 aliphatic heterocycles. The van der Waals surface area contributed by atoms with Crippen molar-refractivity contribution >= 4 is 16.9 Å². The normalized spacial score (nSPS) is 10.8. The Kier molecular flexibility index (Phi) is 5.74. The fourth-order valence-corrected chi connectivity index (χ4v) is 4.05. The van der Waals surface area contributed by atoms with Gasteiger partial charge in [0.2, 0.25) is 0 Å². The zero-order chi connectivity index (χ0) is 25.4. The summed E-state index contributed by atoms with van der Waals surface area (Å²) in [6.07, 6.45) is 4.55. The number of rotatable bonds is 4. The number of nitrogens with two attached hydrogens (primary N) is 1. The summed E-state index contributed by atoms with van der Waals surface area (Å²) in [5.41, 5.74) is 11.2. The third-order valence-electron chi connectivity index (χ3n) is 5.62. The maximum atomic E-state index is 15.3. The van der Waals surface area contributed by atoms with Gasteiger partial charge in [0.15, 0.2) is 11.6 Å². The van der Waals surface area contributed by atoms with Gasteiger partial charge in [-0.2, -0.15) is 0 Å². The summed E-state index contributed by atoms with van der Waals surface area (Å²) in [6, 6.07) is 6.42. The molecule has 0 amide bonds. The SMILES string of the molecule is CC#Cc1cnc(-c2c(-c3ccc(Oc4nccc(C)n4)c(F)c3)c3c(N)ncnc3n2C)c(C)n1. The Hall–Kier alpha value is -4.91. The number of hydrogen-bond acceptors (Lipinski definition) is 8. The lowest BCUT2D eigenvalue weighted by atomic mass is 10.00. The second-order valence-corrected chi connectivity index (χ2v) is 8.03. The molecule has 0 spiro atoms. The Bertz CT molecular complexity index is 1700. The molecule has 178 valence electrons. The maximum absolute atomic E-state index is 15.3. The Morgan fingerprint density at radius 2 is 1.89 bits per heavy atom. The average molecular weight is 481 g/mol. The highest BCUT2D eigenvalue weighted by Crippen LogP contribution is 2.42. The van der Waals surface area contributed by atoms with E-state index in [2.05, 4.69) is 41.7 Å². The molecule has 10 heteroatoms. The molecular weight excluding hydrogens is 459 g/mol. The standard InChI is InChI=1S/C26H21FN8O/c1-5-6-17-12-30-22(15(3)34-17)23-20(21-24(28)31-13-32-25(21)35(23)4)16-7-8-19(18(27)11-16)36-26-29-10-9-14(2)33-26/h7-13H,1-4H3,(H2,28,31,32). The Balaban J connectivity index is 1.70. The van der Waals surface area contributed by atoms with Gasteiger partial charge < -0.3 is 15.0 Å². The Labute approximate surface area is 206 Å². The highest BCUT2D eigenvalue weighted by atomic mass is 19.1. The molecule has 0 saturated carbocycles. The average Bonchev–Trinajstić information content (AvgIpc) is 3.14. The number of hydrogen-bond donors (Lipinski definition) is 1. The number of nitrogen functional groups attached to an aromatic ring is 1. The first-order chi connectivity index (χ1) is 17.4. The summed E-state index contributed by atoms with van der Waals surface area (Å²) in [6.45, 7) is 5.38. The van der Waals surface area contributed by atoms with Gasteiger partial charge in [0, 0.05) is 24.5 Å². The van der Waals surface area contributed by atoms with Crippen LogP contribution in [0.5, 0.6) is 11.8 Å². The van der Waals surface area contributed by atoms with Crippen molar-refractivity contribution in [3.63, 3.8) is 0 Å². The number of benzene rings is 1. The van der Waals surface area contributed by atoms with Crippen LogP contribution in [0.4, 0.5) is 10.2 Å². The lowest BCUT2D eigenvalue weighted by Gasteiger charge is -2.11. The molecule has 0 aliphatic carbocycles. The van der Waals surface area contributed by atoms with Crippen molar-refractivity contribution in [1.29, 1.82) is 0 Å². The molecule has 9 nitrogen and oxygen atoms in total. The summed E-state index contributed by atoms with van der Waals surface area (Å²) in [5, 5.41) is 0.587. The van der Waals surface area contributed by atoms with Crippen molar-refractivity contribution in [2.45, 2.75) is 20.8 Å². The van der Waals surface area contributed by atoms with Gasteiger partial charge in [-0.1, -0.05) is 12.0 Å². The molecule has 0 unspecified atom stereocenters. The number of fused-ring (bicyclic) bond motifs is 1. The van der Waals surface area contributed by atoms with Gasteiger partial charge in [0.05, 0.1) is 23.0 Å². The van der Waals surface area contributed by atoms with Gasteiger partial charge in [0.1, 0.15) is 29.2 Å². The molecule has 4 aromatic heterocycles. The van der Waals surface area contributed by atoms with Crippen LogP contribution in [-0.4, -0.2) is 34.5 Å². The summed E-state index contributed by atoms with van der Waals surface area (Å²) in [7, 11) is 1.84.